The van der Waals surface area contributed by atoms with Crippen molar-refractivity contribution in [1.82, 2.24) is 4.98 Å². The molecule has 1 aromatic heterocycles. The fourth-order valence-corrected chi connectivity index (χ4v) is 1.45. The van der Waals surface area contributed by atoms with Crippen LogP contribution in [0.4, 0.5) is 0 Å². The van der Waals surface area contributed by atoms with Crippen molar-refractivity contribution in [2.24, 2.45) is 0 Å². The summed E-state index contributed by atoms with van der Waals surface area (Å²) in [7, 11) is 0. The third kappa shape index (κ3) is 1.88. The molecule has 0 spiro atoms. The average Bonchev–Trinajstić information content (AvgIpc) is 2.02. The van der Waals surface area contributed by atoms with E-state index in [9.17, 15) is 18.4 Å². The number of hydrogen-bond acceptors (Lipinski definition) is 4. The van der Waals surface area contributed by atoms with Gasteiger partial charge in [0, 0.05) is 10.6 Å². The maximum absolute atomic E-state index is 11.0. The van der Waals surface area contributed by atoms with Crippen LogP contribution in [0.3, 0.4) is 0 Å². The van der Waals surface area contributed by atoms with E-state index < -0.39 is 28.2 Å². The molecule has 0 aromatic carbocycles. The Kier molecular flexibility index (Phi) is 2.82. The molecule has 0 aliphatic heterocycles. The monoisotopic (exact) mass is 216 g/mol. The second-order valence-corrected chi connectivity index (χ2v) is 3.45. The second kappa shape index (κ2) is 3.72. The molecule has 0 amide bonds. The SMILES string of the molecule is Cc1[nH]c(=O)c(C(=O)O)cc1S(=O)[O-]. The van der Waals surface area contributed by atoms with Crippen LogP contribution in [0.5, 0.6) is 0 Å². The molecule has 1 atom stereocenters. The van der Waals surface area contributed by atoms with E-state index in [-0.39, 0.29) is 10.6 Å². The van der Waals surface area contributed by atoms with Crippen LogP contribution in [0, 0.1) is 6.92 Å². The summed E-state index contributed by atoms with van der Waals surface area (Å²) in [5.74, 6) is -1.46. The summed E-state index contributed by atoms with van der Waals surface area (Å²) >= 11 is -2.56. The second-order valence-electron chi connectivity index (χ2n) is 2.54. The molecule has 6 nitrogen and oxygen atoms in total. The number of aromatic amines is 1. The molecule has 1 rings (SSSR count). The molecule has 7 heteroatoms. The third-order valence-electron chi connectivity index (χ3n) is 1.60. The molecule has 76 valence electrons. The van der Waals surface area contributed by atoms with Crippen molar-refractivity contribution in [3.63, 3.8) is 0 Å². The predicted molar refractivity (Wildman–Crippen MR) is 45.9 cm³/mol. The number of aromatic carboxylic acids is 1. The maximum atomic E-state index is 11.0. The molecule has 0 radical (unpaired) electrons. The lowest BCUT2D eigenvalue weighted by atomic mass is 10.2. The minimum atomic E-state index is -2.56. The molecule has 0 saturated heterocycles. The first-order valence-electron chi connectivity index (χ1n) is 3.50. The fourth-order valence-electron chi connectivity index (χ4n) is 0.936. The van der Waals surface area contributed by atoms with Gasteiger partial charge in [-0.1, -0.05) is 0 Å². The number of aromatic nitrogens is 1. The molecule has 14 heavy (non-hydrogen) atoms. The van der Waals surface area contributed by atoms with E-state index in [0.29, 0.717) is 0 Å². The standard InChI is InChI=1S/C7H7NO5S/c1-3-5(14(12)13)2-4(7(10)11)6(9)8-3/h2H,1H3,(H,8,9)(H,10,11)(H,12,13)/p-1. The summed E-state index contributed by atoms with van der Waals surface area (Å²) in [5.41, 5.74) is -1.28. The number of nitrogens with one attached hydrogen (secondary N) is 1. The lowest BCUT2D eigenvalue weighted by Crippen LogP contribution is -2.19. The maximum Gasteiger partial charge on any atom is 0.341 e. The zero-order chi connectivity index (χ0) is 10.9. The number of H-pyrrole nitrogens is 1. The Bertz CT molecular complexity index is 464. The summed E-state index contributed by atoms with van der Waals surface area (Å²) in [5, 5.41) is 8.54. The Hall–Kier alpha value is -1.47. The van der Waals surface area contributed by atoms with E-state index in [1.54, 1.807) is 0 Å². The van der Waals surface area contributed by atoms with Gasteiger partial charge in [-0.3, -0.25) is 9.00 Å². The number of pyridine rings is 1. The molecule has 0 saturated carbocycles. The Labute approximate surface area is 80.9 Å². The van der Waals surface area contributed by atoms with Crippen molar-refractivity contribution in [3.8, 4) is 0 Å². The van der Waals surface area contributed by atoms with Crippen LogP contribution in [-0.2, 0) is 11.1 Å². The Morgan fingerprint density at radius 3 is 2.64 bits per heavy atom. The van der Waals surface area contributed by atoms with E-state index >= 15 is 0 Å². The van der Waals surface area contributed by atoms with E-state index in [4.69, 9.17) is 5.11 Å². The van der Waals surface area contributed by atoms with Gasteiger partial charge in [0.25, 0.3) is 5.56 Å². The minimum absolute atomic E-state index is 0.119. The number of carboxylic acids is 1. The van der Waals surface area contributed by atoms with Crippen molar-refractivity contribution >= 4 is 17.0 Å². The van der Waals surface area contributed by atoms with Gasteiger partial charge in [0.05, 0.1) is 0 Å². The van der Waals surface area contributed by atoms with Crippen LogP contribution in [0.15, 0.2) is 15.8 Å². The van der Waals surface area contributed by atoms with Crippen molar-refractivity contribution in [1.29, 1.82) is 0 Å². The number of rotatable bonds is 2. The lowest BCUT2D eigenvalue weighted by molar-refractivity contribution is 0.0694. The van der Waals surface area contributed by atoms with Gasteiger partial charge in [0.1, 0.15) is 5.56 Å². The minimum Gasteiger partial charge on any atom is -0.768 e. The summed E-state index contributed by atoms with van der Waals surface area (Å²) in [6, 6.07) is 0.833. The van der Waals surface area contributed by atoms with Crippen LogP contribution < -0.4 is 5.56 Å². The van der Waals surface area contributed by atoms with Crippen LogP contribution >= 0.6 is 0 Å². The summed E-state index contributed by atoms with van der Waals surface area (Å²) < 4.78 is 21.2. The molecular weight excluding hydrogens is 210 g/mol. The lowest BCUT2D eigenvalue weighted by Gasteiger charge is -2.08. The molecule has 1 heterocycles. The van der Waals surface area contributed by atoms with Crippen molar-refractivity contribution in [2.75, 3.05) is 0 Å². The van der Waals surface area contributed by atoms with Crippen LogP contribution in [0.1, 0.15) is 16.1 Å². The highest BCUT2D eigenvalue weighted by atomic mass is 32.2. The van der Waals surface area contributed by atoms with Crippen molar-refractivity contribution in [3.05, 3.63) is 27.7 Å². The zero-order valence-corrected chi connectivity index (χ0v) is 7.88. The number of aryl methyl sites for hydroxylation is 1. The number of hydrogen-bond donors (Lipinski definition) is 2. The smallest absolute Gasteiger partial charge is 0.341 e. The fraction of sp³-hybridized carbons (Fsp3) is 0.143. The summed E-state index contributed by atoms with van der Waals surface area (Å²) in [6.45, 7) is 1.37. The first-order valence-corrected chi connectivity index (χ1v) is 4.57. The predicted octanol–water partition coefficient (Wildman–Crippen LogP) is -0.380. The van der Waals surface area contributed by atoms with Crippen LogP contribution in [0.2, 0.25) is 0 Å². The first kappa shape index (κ1) is 10.6. The molecule has 1 unspecified atom stereocenters. The quantitative estimate of drug-likeness (QED) is 0.654. The van der Waals surface area contributed by atoms with Gasteiger partial charge in [0.15, 0.2) is 0 Å². The average molecular weight is 216 g/mol. The van der Waals surface area contributed by atoms with Gasteiger partial charge in [-0.15, -0.1) is 0 Å². The molecule has 0 aliphatic rings. The third-order valence-corrected chi connectivity index (χ3v) is 2.38. The Morgan fingerprint density at radius 2 is 2.21 bits per heavy atom. The highest BCUT2D eigenvalue weighted by molar-refractivity contribution is 7.79. The first-order chi connectivity index (χ1) is 6.43. The van der Waals surface area contributed by atoms with E-state index in [2.05, 4.69) is 4.98 Å². The summed E-state index contributed by atoms with van der Waals surface area (Å²) in [6.07, 6.45) is 0. The molecule has 1 aromatic rings. The largest absolute Gasteiger partial charge is 0.768 e. The summed E-state index contributed by atoms with van der Waals surface area (Å²) in [4.78, 5) is 23.4. The highest BCUT2D eigenvalue weighted by Crippen LogP contribution is 2.08. The number of carboxylic acid groups (broad SMARTS) is 1. The van der Waals surface area contributed by atoms with Gasteiger partial charge < -0.3 is 14.6 Å². The topological polar surface area (TPSA) is 110 Å². The zero-order valence-electron chi connectivity index (χ0n) is 7.07. The van der Waals surface area contributed by atoms with E-state index in [1.165, 1.54) is 6.92 Å². The van der Waals surface area contributed by atoms with Gasteiger partial charge in [-0.2, -0.15) is 0 Å². The number of carbonyl (C=O) groups is 1. The van der Waals surface area contributed by atoms with Crippen LogP contribution in [0.25, 0.3) is 0 Å². The highest BCUT2D eigenvalue weighted by Gasteiger charge is 2.11. The molecule has 2 N–H and O–H groups in total. The van der Waals surface area contributed by atoms with Gasteiger partial charge >= 0.3 is 5.97 Å². The molecule has 0 fully saturated rings. The Morgan fingerprint density at radius 1 is 1.64 bits per heavy atom. The van der Waals surface area contributed by atoms with Gasteiger partial charge in [-0.05, 0) is 24.1 Å². The van der Waals surface area contributed by atoms with E-state index in [0.717, 1.165) is 6.07 Å². The van der Waals surface area contributed by atoms with Crippen LogP contribution in [-0.4, -0.2) is 24.8 Å². The van der Waals surface area contributed by atoms with Gasteiger partial charge in [0.2, 0.25) is 0 Å². The van der Waals surface area contributed by atoms with E-state index in [1.807, 2.05) is 0 Å². The molecule has 0 bridgehead atoms. The molecular formula is C7H6NO5S-. The van der Waals surface area contributed by atoms with Crippen molar-refractivity contribution in [2.45, 2.75) is 11.8 Å². The normalized spacial score (nSPS) is 12.4. The van der Waals surface area contributed by atoms with Crippen molar-refractivity contribution < 1.29 is 18.7 Å². The Balaban J connectivity index is 3.50. The molecule has 0 aliphatic carbocycles. The van der Waals surface area contributed by atoms with Gasteiger partial charge in [-0.25, -0.2) is 4.79 Å².